The lowest BCUT2D eigenvalue weighted by Gasteiger charge is -2.10. The van der Waals surface area contributed by atoms with E-state index in [2.05, 4.69) is 5.32 Å². The van der Waals surface area contributed by atoms with Crippen molar-refractivity contribution in [3.8, 4) is 11.4 Å². The number of rotatable bonds is 8. The molecule has 0 aliphatic heterocycles. The molecule has 0 bridgehead atoms. The molecule has 0 spiro atoms. The molecule has 3 aromatic rings. The number of amides is 1. The van der Waals surface area contributed by atoms with Gasteiger partial charge in [0, 0.05) is 28.2 Å². The Morgan fingerprint density at radius 3 is 2.22 bits per heavy atom. The summed E-state index contributed by atoms with van der Waals surface area (Å²) in [5, 5.41) is 2.48. The summed E-state index contributed by atoms with van der Waals surface area (Å²) in [4.78, 5) is 36.8. The molecule has 0 unspecified atom stereocenters. The molecular weight excluding hydrogens is 408 g/mol. The van der Waals surface area contributed by atoms with Crippen LogP contribution >= 0.6 is 0 Å². The topological polar surface area (TPSA) is 86.6 Å². The van der Waals surface area contributed by atoms with Gasteiger partial charge in [0.05, 0.1) is 7.11 Å². The van der Waals surface area contributed by atoms with Gasteiger partial charge >= 0.3 is 5.97 Å². The summed E-state index contributed by atoms with van der Waals surface area (Å²) in [6.45, 7) is 5.07. The molecule has 2 aromatic carbocycles. The summed E-state index contributed by atoms with van der Waals surface area (Å²) >= 11 is 0. The van der Waals surface area contributed by atoms with Crippen molar-refractivity contribution in [2.75, 3.05) is 20.3 Å². The number of hydrogen-bond acceptors (Lipinski definition) is 5. The molecule has 0 atom stereocenters. The minimum absolute atomic E-state index is 0.300. The van der Waals surface area contributed by atoms with Crippen molar-refractivity contribution >= 4 is 17.7 Å². The Morgan fingerprint density at radius 2 is 1.59 bits per heavy atom. The van der Waals surface area contributed by atoms with E-state index in [1.165, 1.54) is 7.11 Å². The smallest absolute Gasteiger partial charge is 0.325 e. The van der Waals surface area contributed by atoms with Gasteiger partial charge in [-0.25, -0.2) is 0 Å². The van der Waals surface area contributed by atoms with E-state index in [4.69, 9.17) is 9.47 Å². The van der Waals surface area contributed by atoms with Gasteiger partial charge in [-0.2, -0.15) is 0 Å². The number of esters is 1. The third kappa shape index (κ3) is 5.24. The Morgan fingerprint density at radius 1 is 0.938 bits per heavy atom. The molecule has 32 heavy (non-hydrogen) atoms. The molecule has 1 heterocycles. The average molecular weight is 434 g/mol. The van der Waals surface area contributed by atoms with Crippen LogP contribution in [0.2, 0.25) is 0 Å². The molecule has 0 saturated heterocycles. The fraction of sp³-hybridized carbons (Fsp3) is 0.240. The summed E-state index contributed by atoms with van der Waals surface area (Å²) in [6.07, 6.45) is 0. The molecule has 3 rings (SSSR count). The van der Waals surface area contributed by atoms with Crippen molar-refractivity contribution in [2.24, 2.45) is 0 Å². The highest BCUT2D eigenvalue weighted by Gasteiger charge is 2.18. The maximum Gasteiger partial charge on any atom is 0.325 e. The van der Waals surface area contributed by atoms with Gasteiger partial charge in [0.15, 0.2) is 6.61 Å². The van der Waals surface area contributed by atoms with Crippen LogP contribution in [0, 0.1) is 20.8 Å². The highest BCUT2D eigenvalue weighted by atomic mass is 16.5. The summed E-state index contributed by atoms with van der Waals surface area (Å²) < 4.78 is 12.1. The number of methoxy groups -OCH3 is 1. The largest absolute Gasteiger partial charge is 0.497 e. The van der Waals surface area contributed by atoms with Gasteiger partial charge < -0.3 is 19.4 Å². The molecule has 0 saturated carbocycles. The predicted octanol–water partition coefficient (Wildman–Crippen LogP) is 3.57. The molecule has 7 heteroatoms. The van der Waals surface area contributed by atoms with Crippen LogP contribution in [-0.2, 0) is 9.53 Å². The van der Waals surface area contributed by atoms with E-state index in [0.29, 0.717) is 16.9 Å². The van der Waals surface area contributed by atoms with Crippen molar-refractivity contribution in [3.63, 3.8) is 0 Å². The first kappa shape index (κ1) is 22.8. The van der Waals surface area contributed by atoms with Gasteiger partial charge in [-0.3, -0.25) is 14.4 Å². The number of ether oxygens (including phenoxy) is 2. The number of benzene rings is 2. The molecule has 7 nitrogen and oxygen atoms in total. The second kappa shape index (κ2) is 9.96. The van der Waals surface area contributed by atoms with Gasteiger partial charge in [-0.05, 0) is 63.2 Å². The van der Waals surface area contributed by atoms with Gasteiger partial charge in [-0.1, -0.05) is 17.7 Å². The van der Waals surface area contributed by atoms with Gasteiger partial charge in [0.25, 0.3) is 5.91 Å². The second-order valence-electron chi connectivity index (χ2n) is 7.45. The Balaban J connectivity index is 1.56. The molecule has 0 fully saturated rings. The number of aromatic nitrogens is 1. The van der Waals surface area contributed by atoms with Crippen LogP contribution in [0.3, 0.4) is 0 Å². The summed E-state index contributed by atoms with van der Waals surface area (Å²) in [5.74, 6) is -0.780. The molecule has 0 aliphatic rings. The molecule has 0 radical (unpaired) electrons. The summed E-state index contributed by atoms with van der Waals surface area (Å²) in [7, 11) is 1.53. The lowest BCUT2D eigenvalue weighted by molar-refractivity contribution is -0.141. The van der Waals surface area contributed by atoms with Crippen LogP contribution in [-0.4, -0.2) is 42.5 Å². The molecular formula is C25H26N2O5. The highest BCUT2D eigenvalue weighted by Crippen LogP contribution is 2.21. The maximum absolute atomic E-state index is 12.7. The Bertz CT molecular complexity index is 1130. The van der Waals surface area contributed by atoms with E-state index in [9.17, 15) is 14.4 Å². The van der Waals surface area contributed by atoms with E-state index >= 15 is 0 Å². The molecule has 1 N–H and O–H groups in total. The van der Waals surface area contributed by atoms with E-state index in [0.717, 1.165) is 22.6 Å². The van der Waals surface area contributed by atoms with Gasteiger partial charge in [-0.15, -0.1) is 0 Å². The number of ketones is 1. The summed E-state index contributed by atoms with van der Waals surface area (Å²) in [5.41, 5.74) is 4.69. The first-order valence-electron chi connectivity index (χ1n) is 10.2. The van der Waals surface area contributed by atoms with E-state index in [1.807, 2.05) is 49.6 Å². The number of carbonyl (C=O) groups excluding carboxylic acids is 3. The zero-order valence-corrected chi connectivity index (χ0v) is 18.6. The van der Waals surface area contributed by atoms with Gasteiger partial charge in [0.1, 0.15) is 12.3 Å². The number of carbonyl (C=O) groups is 3. The highest BCUT2D eigenvalue weighted by molar-refractivity contribution is 6.00. The van der Waals surface area contributed by atoms with Crippen LogP contribution in [0.25, 0.3) is 5.69 Å². The Hall–Kier alpha value is -3.87. The monoisotopic (exact) mass is 434 g/mol. The molecule has 166 valence electrons. The van der Waals surface area contributed by atoms with Gasteiger partial charge in [0.2, 0.25) is 5.78 Å². The Kier molecular flexibility index (Phi) is 7.10. The molecule has 0 aliphatic carbocycles. The molecule has 1 amide bonds. The van der Waals surface area contributed by atoms with Crippen LogP contribution in [0.1, 0.15) is 37.7 Å². The van der Waals surface area contributed by atoms with Crippen LogP contribution in [0.5, 0.6) is 5.75 Å². The van der Waals surface area contributed by atoms with Crippen molar-refractivity contribution in [1.82, 2.24) is 9.88 Å². The minimum Gasteiger partial charge on any atom is -0.497 e. The van der Waals surface area contributed by atoms with Crippen molar-refractivity contribution < 1.29 is 23.9 Å². The zero-order valence-electron chi connectivity index (χ0n) is 18.6. The zero-order chi connectivity index (χ0) is 23.3. The van der Waals surface area contributed by atoms with Crippen molar-refractivity contribution in [1.29, 1.82) is 0 Å². The fourth-order valence-corrected chi connectivity index (χ4v) is 3.41. The van der Waals surface area contributed by atoms with E-state index in [1.54, 1.807) is 30.3 Å². The number of nitrogens with one attached hydrogen (secondary N) is 1. The van der Waals surface area contributed by atoms with Crippen LogP contribution < -0.4 is 10.1 Å². The third-order valence-electron chi connectivity index (χ3n) is 5.13. The quantitative estimate of drug-likeness (QED) is 0.433. The maximum atomic E-state index is 12.7. The second-order valence-corrected chi connectivity index (χ2v) is 7.45. The predicted molar refractivity (Wildman–Crippen MR) is 121 cm³/mol. The normalized spacial score (nSPS) is 10.5. The molecule has 1 aromatic heterocycles. The number of nitrogens with zero attached hydrogens (tertiary/aromatic N) is 1. The van der Waals surface area contributed by atoms with Crippen molar-refractivity contribution in [3.05, 3.63) is 82.7 Å². The van der Waals surface area contributed by atoms with Crippen LogP contribution in [0.15, 0.2) is 54.6 Å². The van der Waals surface area contributed by atoms with Crippen LogP contribution in [0.4, 0.5) is 0 Å². The number of aryl methyl sites for hydroxylation is 2. The fourth-order valence-electron chi connectivity index (χ4n) is 3.41. The first-order chi connectivity index (χ1) is 15.3. The summed E-state index contributed by atoms with van der Waals surface area (Å²) in [6, 6.07) is 16.3. The minimum atomic E-state index is -0.687. The Labute approximate surface area is 187 Å². The number of hydrogen-bond donors (Lipinski definition) is 1. The third-order valence-corrected chi connectivity index (χ3v) is 5.13. The SMILES string of the molecule is COc1ccc(C(=O)NCC(=O)OCC(=O)c2cc(C)n(-c3ccc(C)cc3)c2C)cc1. The van der Waals surface area contributed by atoms with E-state index in [-0.39, 0.29) is 12.3 Å². The standard InChI is InChI=1S/C25H26N2O5/c1-16-5-9-20(10-6-16)27-17(2)13-22(18(27)3)23(28)15-32-24(29)14-26-25(30)19-7-11-21(31-4)12-8-19/h5-13H,14-15H2,1-4H3,(H,26,30). The lowest BCUT2D eigenvalue weighted by atomic mass is 10.1. The number of Topliss-reactive ketones (excluding diaryl/α,β-unsaturated/α-hetero) is 1. The lowest BCUT2D eigenvalue weighted by Crippen LogP contribution is -2.31. The average Bonchev–Trinajstić information content (AvgIpc) is 3.10. The first-order valence-corrected chi connectivity index (χ1v) is 10.2. The van der Waals surface area contributed by atoms with E-state index < -0.39 is 18.5 Å². The van der Waals surface area contributed by atoms with Crippen molar-refractivity contribution in [2.45, 2.75) is 20.8 Å².